The summed E-state index contributed by atoms with van der Waals surface area (Å²) in [6.45, 7) is -0.287. The molecule has 1 saturated carbocycles. The number of nitrogens with two attached hydrogens (primary N) is 1. The van der Waals surface area contributed by atoms with Crippen molar-refractivity contribution in [2.75, 3.05) is 11.1 Å². The van der Waals surface area contributed by atoms with Crippen molar-refractivity contribution in [2.24, 2.45) is 5.41 Å². The number of Topliss-reactive ketones (excluding diaryl/α,β-unsaturated/α-hetero) is 1. The molecule has 0 spiro atoms. The number of hydrogen-bond donors (Lipinski definition) is 3. The number of anilines is 3. The van der Waals surface area contributed by atoms with Gasteiger partial charge < -0.3 is 16.4 Å². The number of nitrogen functional groups attached to an aromatic ring is 1. The summed E-state index contributed by atoms with van der Waals surface area (Å²) in [5, 5.41) is 4.96. The maximum Gasteiger partial charge on any atom is 0.418 e. The first-order valence-corrected chi connectivity index (χ1v) is 10.8. The second-order valence-corrected chi connectivity index (χ2v) is 8.54. The van der Waals surface area contributed by atoms with Crippen LogP contribution in [-0.2, 0) is 17.5 Å². The molecule has 12 heteroatoms. The van der Waals surface area contributed by atoms with Crippen LogP contribution >= 0.6 is 0 Å². The molecule has 188 valence electrons. The lowest BCUT2D eigenvalue weighted by Crippen LogP contribution is -2.33. The van der Waals surface area contributed by atoms with E-state index in [1.165, 1.54) is 18.5 Å². The number of ketones is 1. The molecule has 2 aromatic heterocycles. The molecular weight excluding hydrogens is 485 g/mol. The number of benzene rings is 1. The highest BCUT2D eigenvalue weighted by atomic mass is 19.4. The van der Waals surface area contributed by atoms with E-state index in [9.17, 15) is 31.5 Å². The molecule has 2 heterocycles. The smallest absolute Gasteiger partial charge is 0.397 e. The van der Waals surface area contributed by atoms with Gasteiger partial charge in [-0.1, -0.05) is 0 Å². The van der Waals surface area contributed by atoms with Crippen molar-refractivity contribution in [3.63, 3.8) is 0 Å². The van der Waals surface area contributed by atoms with E-state index in [-0.39, 0.29) is 30.1 Å². The predicted molar refractivity (Wildman–Crippen MR) is 120 cm³/mol. The van der Waals surface area contributed by atoms with Crippen LogP contribution in [0.25, 0.3) is 0 Å². The van der Waals surface area contributed by atoms with Gasteiger partial charge in [0.1, 0.15) is 11.6 Å². The largest absolute Gasteiger partial charge is 0.418 e. The van der Waals surface area contributed by atoms with E-state index in [4.69, 9.17) is 5.73 Å². The summed E-state index contributed by atoms with van der Waals surface area (Å²) in [6, 6.07) is 4.45. The highest BCUT2D eigenvalue weighted by Gasteiger charge is 2.51. The summed E-state index contributed by atoms with van der Waals surface area (Å²) in [5.41, 5.74) is 3.38. The Morgan fingerprint density at radius 3 is 2.44 bits per heavy atom. The lowest BCUT2D eigenvalue weighted by Gasteiger charge is -2.16. The number of halogens is 5. The van der Waals surface area contributed by atoms with Crippen molar-refractivity contribution in [1.82, 2.24) is 15.3 Å². The maximum atomic E-state index is 14.6. The summed E-state index contributed by atoms with van der Waals surface area (Å²) in [5.74, 6) is -2.66. The van der Waals surface area contributed by atoms with E-state index in [1.807, 2.05) is 0 Å². The summed E-state index contributed by atoms with van der Waals surface area (Å²) >= 11 is 0. The first-order valence-electron chi connectivity index (χ1n) is 10.8. The van der Waals surface area contributed by atoms with E-state index in [2.05, 4.69) is 20.6 Å². The number of carbonyl (C=O) groups excluding carboxylic acids is 2. The molecule has 7 nitrogen and oxygen atoms in total. The lowest BCUT2D eigenvalue weighted by molar-refractivity contribution is -0.137. The predicted octanol–water partition coefficient (Wildman–Crippen LogP) is 4.77. The summed E-state index contributed by atoms with van der Waals surface area (Å²) < 4.78 is 67.4. The Bertz CT molecular complexity index is 1320. The van der Waals surface area contributed by atoms with E-state index in [0.717, 1.165) is 24.4 Å². The molecular formula is C24H20F5N5O2. The van der Waals surface area contributed by atoms with E-state index in [0.29, 0.717) is 30.2 Å². The van der Waals surface area contributed by atoms with Gasteiger partial charge in [0.05, 0.1) is 46.5 Å². The second kappa shape index (κ2) is 9.51. The molecule has 1 aromatic carbocycles. The Morgan fingerprint density at radius 2 is 1.81 bits per heavy atom. The van der Waals surface area contributed by atoms with E-state index < -0.39 is 40.4 Å². The molecule has 0 atom stereocenters. The molecule has 0 saturated heterocycles. The standard InChI is InChI=1S/C24H20F5N5O2/c25-14-1-2-19(17(6-14)24(27,28)29)34-16-7-18(26)20(32-11-16)12-33-22(36)23(3-4-23)8-21(35)13-5-15(30)10-31-9-13/h1-2,5-7,9-11,34H,3-4,8,12,30H2,(H,33,36). The first kappa shape index (κ1) is 25.0. The van der Waals surface area contributed by atoms with Gasteiger partial charge in [0.25, 0.3) is 0 Å². The first-order chi connectivity index (χ1) is 17.0. The molecule has 36 heavy (non-hydrogen) atoms. The van der Waals surface area contributed by atoms with Crippen molar-refractivity contribution in [2.45, 2.75) is 32.0 Å². The normalized spacial score (nSPS) is 14.2. The zero-order valence-electron chi connectivity index (χ0n) is 18.6. The Hall–Kier alpha value is -4.09. The second-order valence-electron chi connectivity index (χ2n) is 8.54. The third-order valence-corrected chi connectivity index (χ3v) is 5.82. The number of hydrogen-bond acceptors (Lipinski definition) is 6. The number of rotatable bonds is 8. The van der Waals surface area contributed by atoms with Gasteiger partial charge in [-0.3, -0.25) is 19.6 Å². The van der Waals surface area contributed by atoms with Crippen LogP contribution in [-0.4, -0.2) is 21.7 Å². The van der Waals surface area contributed by atoms with Gasteiger partial charge in [0, 0.05) is 30.4 Å². The quantitative estimate of drug-likeness (QED) is 0.301. The molecule has 1 amide bonds. The van der Waals surface area contributed by atoms with Gasteiger partial charge in [-0.05, 0) is 37.1 Å². The summed E-state index contributed by atoms with van der Waals surface area (Å²) in [7, 11) is 0. The molecule has 4 N–H and O–H groups in total. The maximum absolute atomic E-state index is 14.6. The fraction of sp³-hybridized carbons (Fsp3) is 0.250. The number of amides is 1. The third kappa shape index (κ3) is 5.58. The number of nitrogens with one attached hydrogen (secondary N) is 2. The third-order valence-electron chi connectivity index (χ3n) is 5.82. The highest BCUT2D eigenvalue weighted by molar-refractivity contribution is 6.01. The zero-order chi connectivity index (χ0) is 26.1. The molecule has 0 aliphatic heterocycles. The highest BCUT2D eigenvalue weighted by Crippen LogP contribution is 2.49. The van der Waals surface area contributed by atoms with Crippen LogP contribution < -0.4 is 16.4 Å². The number of nitrogens with zero attached hydrogens (tertiary/aromatic N) is 2. The Balaban J connectivity index is 1.39. The van der Waals surface area contributed by atoms with Gasteiger partial charge in [-0.2, -0.15) is 13.2 Å². The Labute approximate surface area is 201 Å². The van der Waals surface area contributed by atoms with Gasteiger partial charge in [-0.15, -0.1) is 0 Å². The number of aromatic nitrogens is 2. The van der Waals surface area contributed by atoms with E-state index >= 15 is 0 Å². The van der Waals surface area contributed by atoms with Crippen molar-refractivity contribution in [1.29, 1.82) is 0 Å². The van der Waals surface area contributed by atoms with Crippen molar-refractivity contribution in [3.05, 3.63) is 77.4 Å². The molecule has 1 aliphatic rings. The molecule has 0 bridgehead atoms. The molecule has 0 unspecified atom stereocenters. The summed E-state index contributed by atoms with van der Waals surface area (Å²) in [6.07, 6.45) is -0.0565. The van der Waals surface area contributed by atoms with Crippen LogP contribution in [0.1, 0.15) is 40.9 Å². The monoisotopic (exact) mass is 505 g/mol. The van der Waals surface area contributed by atoms with Gasteiger partial charge in [-0.25, -0.2) is 8.78 Å². The minimum atomic E-state index is -4.83. The molecule has 4 rings (SSSR count). The van der Waals surface area contributed by atoms with Gasteiger partial charge in [0.15, 0.2) is 5.78 Å². The molecule has 0 radical (unpaired) electrons. The van der Waals surface area contributed by atoms with Crippen LogP contribution in [0.3, 0.4) is 0 Å². The van der Waals surface area contributed by atoms with Gasteiger partial charge in [0.2, 0.25) is 5.91 Å². The average molecular weight is 505 g/mol. The zero-order valence-corrected chi connectivity index (χ0v) is 18.6. The van der Waals surface area contributed by atoms with Crippen LogP contribution in [0.5, 0.6) is 0 Å². The Kier molecular flexibility index (Phi) is 6.61. The molecule has 1 fully saturated rings. The number of alkyl halides is 3. The van der Waals surface area contributed by atoms with Crippen molar-refractivity contribution in [3.8, 4) is 0 Å². The van der Waals surface area contributed by atoms with E-state index in [1.54, 1.807) is 0 Å². The minimum absolute atomic E-state index is 0.0536. The van der Waals surface area contributed by atoms with Crippen LogP contribution in [0.15, 0.2) is 48.9 Å². The minimum Gasteiger partial charge on any atom is -0.397 e. The number of pyridine rings is 2. The average Bonchev–Trinajstić information content (AvgIpc) is 3.59. The Morgan fingerprint density at radius 1 is 1.06 bits per heavy atom. The molecule has 3 aromatic rings. The molecule has 1 aliphatic carbocycles. The van der Waals surface area contributed by atoms with Crippen LogP contribution in [0.2, 0.25) is 0 Å². The topological polar surface area (TPSA) is 110 Å². The van der Waals surface area contributed by atoms with Crippen molar-refractivity contribution < 1.29 is 31.5 Å². The van der Waals surface area contributed by atoms with Crippen molar-refractivity contribution >= 4 is 28.8 Å². The lowest BCUT2D eigenvalue weighted by atomic mass is 9.95. The fourth-order valence-corrected chi connectivity index (χ4v) is 3.69. The van der Waals surface area contributed by atoms with Crippen LogP contribution in [0, 0.1) is 17.0 Å². The summed E-state index contributed by atoms with van der Waals surface area (Å²) in [4.78, 5) is 33.0. The van der Waals surface area contributed by atoms with Crippen LogP contribution in [0.4, 0.5) is 39.0 Å². The fourth-order valence-electron chi connectivity index (χ4n) is 3.69. The van der Waals surface area contributed by atoms with Gasteiger partial charge >= 0.3 is 6.18 Å². The number of carbonyl (C=O) groups is 2. The SMILES string of the molecule is Nc1cncc(C(=O)CC2(C(=O)NCc3ncc(Nc4ccc(F)cc4C(F)(F)F)cc3F)CC2)c1.